The van der Waals surface area contributed by atoms with Crippen molar-refractivity contribution in [2.75, 3.05) is 0 Å². The lowest BCUT2D eigenvalue weighted by atomic mass is 9.83. The number of carboxylic acid groups (broad SMARTS) is 1. The number of hydrogen-bond donors (Lipinski definition) is 1. The second kappa shape index (κ2) is 5.29. The fraction of sp³-hybridized carbons (Fsp3) is 0.750. The largest absolute Gasteiger partial charge is 0.481 e. The summed E-state index contributed by atoms with van der Waals surface area (Å²) in [7, 11) is 0. The molecule has 0 aliphatic heterocycles. The molecule has 0 unspecified atom stereocenters. The number of carbonyl (C=O) groups is 1. The maximum absolute atomic E-state index is 10.5. The van der Waals surface area contributed by atoms with E-state index >= 15 is 0 Å². The highest BCUT2D eigenvalue weighted by Gasteiger charge is 2.21. The Morgan fingerprint density at radius 1 is 1.47 bits per heavy atom. The second-order valence-corrected chi connectivity index (χ2v) is 4.81. The summed E-state index contributed by atoms with van der Waals surface area (Å²) in [6, 6.07) is 0. The first-order valence-corrected chi connectivity index (χ1v) is 6.27. The van der Waals surface area contributed by atoms with Gasteiger partial charge < -0.3 is 9.67 Å². The van der Waals surface area contributed by atoms with Crippen LogP contribution in [0.25, 0.3) is 0 Å². The number of aliphatic carboxylic acids is 1. The van der Waals surface area contributed by atoms with Gasteiger partial charge in [-0.2, -0.15) is 0 Å². The van der Waals surface area contributed by atoms with Crippen LogP contribution in [0.4, 0.5) is 0 Å². The Bertz CT molecular complexity index is 396. The Morgan fingerprint density at radius 3 is 2.82 bits per heavy atom. The summed E-state index contributed by atoms with van der Waals surface area (Å²) in [5, 5.41) is 16.9. The minimum absolute atomic E-state index is 0.209. The topological polar surface area (TPSA) is 68.0 Å². The van der Waals surface area contributed by atoms with Crippen molar-refractivity contribution >= 4 is 5.97 Å². The zero-order valence-corrected chi connectivity index (χ0v) is 10.2. The predicted octanol–water partition coefficient (Wildman–Crippen LogP) is 1.79. The number of hydrogen-bond acceptors (Lipinski definition) is 3. The molecule has 1 aliphatic rings. The van der Waals surface area contributed by atoms with Gasteiger partial charge in [-0.1, -0.05) is 19.3 Å². The van der Waals surface area contributed by atoms with Crippen LogP contribution >= 0.6 is 0 Å². The Hall–Kier alpha value is -1.39. The van der Waals surface area contributed by atoms with Gasteiger partial charge >= 0.3 is 5.97 Å². The Balaban J connectivity index is 1.93. The van der Waals surface area contributed by atoms with Gasteiger partial charge in [-0.05, 0) is 19.3 Å². The van der Waals surface area contributed by atoms with Crippen molar-refractivity contribution < 1.29 is 9.90 Å². The third-order valence-electron chi connectivity index (χ3n) is 3.48. The highest BCUT2D eigenvalue weighted by atomic mass is 16.4. The zero-order chi connectivity index (χ0) is 12.3. The van der Waals surface area contributed by atoms with Crippen molar-refractivity contribution in [3.8, 4) is 0 Å². The normalized spacial score (nSPS) is 15.8. The summed E-state index contributed by atoms with van der Waals surface area (Å²) in [6.45, 7) is 2.64. The molecule has 1 aliphatic carbocycles. The fourth-order valence-electron chi connectivity index (χ4n) is 2.21. The highest BCUT2D eigenvalue weighted by Crippen LogP contribution is 2.29. The molecule has 5 nitrogen and oxygen atoms in total. The van der Waals surface area contributed by atoms with E-state index in [-0.39, 0.29) is 6.42 Å². The van der Waals surface area contributed by atoms with E-state index in [1.165, 1.54) is 19.3 Å². The predicted molar refractivity (Wildman–Crippen MR) is 62.7 cm³/mol. The Labute approximate surface area is 101 Å². The van der Waals surface area contributed by atoms with E-state index in [1.807, 2.05) is 6.92 Å². The standard InChI is InChI=1S/C12H19N3O2/c1-9-13-14-11(8-10-4-2-5-10)15(9)7-3-6-12(16)17/h10H,2-8H2,1H3,(H,16,17). The Morgan fingerprint density at radius 2 is 2.24 bits per heavy atom. The van der Waals surface area contributed by atoms with E-state index in [2.05, 4.69) is 14.8 Å². The van der Waals surface area contributed by atoms with Crippen molar-refractivity contribution in [3.05, 3.63) is 11.6 Å². The van der Waals surface area contributed by atoms with E-state index in [9.17, 15) is 4.79 Å². The lowest BCUT2D eigenvalue weighted by molar-refractivity contribution is -0.137. The molecule has 0 spiro atoms. The summed E-state index contributed by atoms with van der Waals surface area (Å²) < 4.78 is 2.07. The molecular weight excluding hydrogens is 218 g/mol. The van der Waals surface area contributed by atoms with Gasteiger partial charge in [-0.3, -0.25) is 4.79 Å². The van der Waals surface area contributed by atoms with Gasteiger partial charge in [0.15, 0.2) is 0 Å². The van der Waals surface area contributed by atoms with Crippen LogP contribution in [0.2, 0.25) is 0 Å². The van der Waals surface area contributed by atoms with Gasteiger partial charge in [-0.25, -0.2) is 0 Å². The molecule has 1 N–H and O–H groups in total. The summed E-state index contributed by atoms with van der Waals surface area (Å²) in [5.74, 6) is 1.94. The van der Waals surface area contributed by atoms with Crippen LogP contribution in [0, 0.1) is 12.8 Å². The van der Waals surface area contributed by atoms with Gasteiger partial charge in [0.05, 0.1) is 0 Å². The maximum atomic E-state index is 10.5. The number of carboxylic acids is 1. The number of aromatic nitrogens is 3. The van der Waals surface area contributed by atoms with Gasteiger partial charge in [0.2, 0.25) is 0 Å². The molecule has 94 valence electrons. The maximum Gasteiger partial charge on any atom is 0.303 e. The van der Waals surface area contributed by atoms with Crippen LogP contribution in [0.15, 0.2) is 0 Å². The summed E-state index contributed by atoms with van der Waals surface area (Å²) in [4.78, 5) is 10.5. The first kappa shape index (κ1) is 12.1. The van der Waals surface area contributed by atoms with E-state index in [1.54, 1.807) is 0 Å². The molecule has 0 saturated heterocycles. The minimum atomic E-state index is -0.740. The molecule has 1 saturated carbocycles. The van der Waals surface area contributed by atoms with Gasteiger partial charge in [0.1, 0.15) is 11.6 Å². The molecule has 0 amide bonds. The van der Waals surface area contributed by atoms with Crippen LogP contribution in [-0.2, 0) is 17.8 Å². The number of aryl methyl sites for hydroxylation is 1. The fourth-order valence-corrected chi connectivity index (χ4v) is 2.21. The van der Waals surface area contributed by atoms with Crippen molar-refractivity contribution in [1.82, 2.24) is 14.8 Å². The molecule has 1 aromatic heterocycles. The van der Waals surface area contributed by atoms with Crippen molar-refractivity contribution in [2.45, 2.75) is 52.0 Å². The van der Waals surface area contributed by atoms with Gasteiger partial charge in [0, 0.05) is 19.4 Å². The number of nitrogens with zero attached hydrogens (tertiary/aromatic N) is 3. The lowest BCUT2D eigenvalue weighted by Crippen LogP contribution is -2.17. The molecule has 0 radical (unpaired) electrons. The van der Waals surface area contributed by atoms with E-state index < -0.39 is 5.97 Å². The van der Waals surface area contributed by atoms with Crippen LogP contribution in [-0.4, -0.2) is 25.8 Å². The summed E-state index contributed by atoms with van der Waals surface area (Å²) >= 11 is 0. The molecule has 5 heteroatoms. The highest BCUT2D eigenvalue weighted by molar-refractivity contribution is 5.66. The minimum Gasteiger partial charge on any atom is -0.481 e. The average Bonchev–Trinajstić information content (AvgIpc) is 2.54. The molecule has 1 heterocycles. The van der Waals surface area contributed by atoms with Crippen molar-refractivity contribution in [1.29, 1.82) is 0 Å². The number of rotatable bonds is 6. The smallest absolute Gasteiger partial charge is 0.303 e. The van der Waals surface area contributed by atoms with Crippen LogP contribution in [0.5, 0.6) is 0 Å². The van der Waals surface area contributed by atoms with Crippen molar-refractivity contribution in [3.63, 3.8) is 0 Å². The molecule has 0 bridgehead atoms. The third kappa shape index (κ3) is 3.05. The summed E-state index contributed by atoms with van der Waals surface area (Å²) in [6.07, 6.45) is 5.76. The second-order valence-electron chi connectivity index (χ2n) is 4.81. The molecule has 2 rings (SSSR count). The molecule has 1 fully saturated rings. The first-order valence-electron chi connectivity index (χ1n) is 6.27. The lowest BCUT2D eigenvalue weighted by Gasteiger charge is -2.24. The third-order valence-corrected chi connectivity index (χ3v) is 3.48. The monoisotopic (exact) mass is 237 g/mol. The molecule has 0 aromatic carbocycles. The SMILES string of the molecule is Cc1nnc(CC2CCC2)n1CCCC(=O)O. The van der Waals surface area contributed by atoms with Gasteiger partial charge in [0.25, 0.3) is 0 Å². The van der Waals surface area contributed by atoms with Crippen LogP contribution in [0.3, 0.4) is 0 Å². The van der Waals surface area contributed by atoms with Crippen molar-refractivity contribution in [2.24, 2.45) is 5.92 Å². The van der Waals surface area contributed by atoms with E-state index in [0.29, 0.717) is 13.0 Å². The molecule has 17 heavy (non-hydrogen) atoms. The van der Waals surface area contributed by atoms with E-state index in [0.717, 1.165) is 24.0 Å². The quantitative estimate of drug-likeness (QED) is 0.819. The van der Waals surface area contributed by atoms with Crippen LogP contribution in [0.1, 0.15) is 43.8 Å². The average molecular weight is 237 g/mol. The molecule has 0 atom stereocenters. The van der Waals surface area contributed by atoms with Gasteiger partial charge in [-0.15, -0.1) is 10.2 Å². The summed E-state index contributed by atoms with van der Waals surface area (Å²) in [5.41, 5.74) is 0. The Kier molecular flexibility index (Phi) is 3.76. The first-order chi connectivity index (χ1) is 8.16. The van der Waals surface area contributed by atoms with E-state index in [4.69, 9.17) is 5.11 Å². The zero-order valence-electron chi connectivity index (χ0n) is 10.2. The molecule has 1 aromatic rings. The van der Waals surface area contributed by atoms with Crippen LogP contribution < -0.4 is 0 Å². The molecular formula is C12H19N3O2.